The molecule has 0 saturated carbocycles. The van der Waals surface area contributed by atoms with Crippen LogP contribution in [0.1, 0.15) is 12.0 Å². The molecule has 4 nitrogen and oxygen atoms in total. The predicted molar refractivity (Wildman–Crippen MR) is 97.0 cm³/mol. The Balaban J connectivity index is 1.66. The summed E-state index contributed by atoms with van der Waals surface area (Å²) in [5.41, 5.74) is 1.97. The summed E-state index contributed by atoms with van der Waals surface area (Å²) < 4.78 is 6.27. The van der Waals surface area contributed by atoms with E-state index >= 15 is 0 Å². The van der Waals surface area contributed by atoms with Crippen molar-refractivity contribution in [2.75, 3.05) is 25.5 Å². The molecule has 0 aliphatic heterocycles. The Morgan fingerprint density at radius 2 is 1.96 bits per heavy atom. The fourth-order valence-electron chi connectivity index (χ4n) is 2.25. The van der Waals surface area contributed by atoms with E-state index in [-0.39, 0.29) is 5.91 Å². The lowest BCUT2D eigenvalue weighted by molar-refractivity contribution is -0.116. The molecule has 0 fully saturated rings. The Hall–Kier alpha value is -1.85. The van der Waals surface area contributed by atoms with Crippen molar-refractivity contribution in [3.05, 3.63) is 58.6 Å². The van der Waals surface area contributed by atoms with Crippen LogP contribution < -0.4 is 15.4 Å². The van der Waals surface area contributed by atoms with Crippen LogP contribution in [0.15, 0.2) is 53.0 Å². The molecule has 0 saturated heterocycles. The molecule has 0 heterocycles. The van der Waals surface area contributed by atoms with Gasteiger partial charge in [0.2, 0.25) is 5.91 Å². The maximum absolute atomic E-state index is 11.9. The maximum Gasteiger partial charge on any atom is 0.225 e. The summed E-state index contributed by atoms with van der Waals surface area (Å²) >= 11 is 3.39. The van der Waals surface area contributed by atoms with Crippen LogP contribution in [-0.4, -0.2) is 26.1 Å². The highest BCUT2D eigenvalue weighted by molar-refractivity contribution is 9.10. The van der Waals surface area contributed by atoms with E-state index in [1.54, 1.807) is 7.11 Å². The van der Waals surface area contributed by atoms with Crippen molar-refractivity contribution < 1.29 is 9.53 Å². The van der Waals surface area contributed by atoms with E-state index in [0.29, 0.717) is 13.0 Å². The van der Waals surface area contributed by atoms with Crippen LogP contribution in [0.4, 0.5) is 5.69 Å². The average molecular weight is 377 g/mol. The number of para-hydroxylation sites is 1. The second-order valence-corrected chi connectivity index (χ2v) is 6.04. The van der Waals surface area contributed by atoms with Crippen LogP contribution >= 0.6 is 15.9 Å². The van der Waals surface area contributed by atoms with Crippen molar-refractivity contribution in [3.8, 4) is 5.75 Å². The molecule has 2 aromatic carbocycles. The molecule has 0 atom stereocenters. The molecular formula is C18H21BrN2O2. The number of anilines is 1. The van der Waals surface area contributed by atoms with Gasteiger partial charge in [-0.05, 0) is 42.8 Å². The van der Waals surface area contributed by atoms with Crippen molar-refractivity contribution in [3.63, 3.8) is 0 Å². The van der Waals surface area contributed by atoms with Crippen LogP contribution in [0.5, 0.6) is 5.75 Å². The first-order valence-electron chi connectivity index (χ1n) is 7.57. The van der Waals surface area contributed by atoms with Crippen LogP contribution in [0.3, 0.4) is 0 Å². The maximum atomic E-state index is 11.9. The molecule has 0 bridgehead atoms. The van der Waals surface area contributed by atoms with Gasteiger partial charge in [0.1, 0.15) is 5.75 Å². The van der Waals surface area contributed by atoms with E-state index in [1.807, 2.05) is 42.5 Å². The van der Waals surface area contributed by atoms with Gasteiger partial charge in [-0.1, -0.05) is 40.2 Å². The topological polar surface area (TPSA) is 50.4 Å². The normalized spacial score (nSPS) is 10.3. The highest BCUT2D eigenvalue weighted by atomic mass is 79.9. The van der Waals surface area contributed by atoms with E-state index in [0.717, 1.165) is 28.9 Å². The number of rotatable bonds is 8. The molecule has 2 rings (SSSR count). The monoisotopic (exact) mass is 376 g/mol. The van der Waals surface area contributed by atoms with E-state index < -0.39 is 0 Å². The molecule has 2 aromatic rings. The van der Waals surface area contributed by atoms with Crippen LogP contribution in [0.25, 0.3) is 0 Å². The number of carbonyl (C=O) groups excluding carboxylic acids is 1. The number of hydrogen-bond acceptors (Lipinski definition) is 3. The predicted octanol–water partition coefficient (Wildman–Crippen LogP) is 3.62. The Labute approximate surface area is 145 Å². The zero-order valence-corrected chi connectivity index (χ0v) is 14.7. The van der Waals surface area contributed by atoms with Gasteiger partial charge < -0.3 is 15.4 Å². The van der Waals surface area contributed by atoms with Gasteiger partial charge >= 0.3 is 0 Å². The Morgan fingerprint density at radius 1 is 1.13 bits per heavy atom. The Bertz CT molecular complexity index is 646. The lowest BCUT2D eigenvalue weighted by atomic mass is 10.1. The molecule has 5 heteroatoms. The summed E-state index contributed by atoms with van der Waals surface area (Å²) in [5.74, 6) is 0.912. The first-order chi connectivity index (χ1) is 11.2. The van der Waals surface area contributed by atoms with Crippen molar-refractivity contribution in [2.24, 2.45) is 0 Å². The summed E-state index contributed by atoms with van der Waals surface area (Å²) in [6.45, 7) is 1.46. The first kappa shape index (κ1) is 17.5. The number of amides is 1. The largest absolute Gasteiger partial charge is 0.496 e. The van der Waals surface area contributed by atoms with Gasteiger partial charge in [-0.15, -0.1) is 0 Å². The van der Waals surface area contributed by atoms with Crippen LogP contribution in [0, 0.1) is 0 Å². The molecule has 0 spiro atoms. The summed E-state index contributed by atoms with van der Waals surface area (Å²) in [6.07, 6.45) is 1.32. The fraction of sp³-hybridized carbons (Fsp3) is 0.278. The highest BCUT2D eigenvalue weighted by Crippen LogP contribution is 2.17. The quantitative estimate of drug-likeness (QED) is 0.691. The van der Waals surface area contributed by atoms with Crippen molar-refractivity contribution in [2.45, 2.75) is 12.8 Å². The third-order valence-corrected chi connectivity index (χ3v) is 3.89. The zero-order valence-electron chi connectivity index (χ0n) is 13.1. The molecular weight excluding hydrogens is 356 g/mol. The lowest BCUT2D eigenvalue weighted by Gasteiger charge is -2.09. The number of halogens is 1. The van der Waals surface area contributed by atoms with Gasteiger partial charge in [-0.3, -0.25) is 4.79 Å². The molecule has 0 radical (unpaired) electrons. The van der Waals surface area contributed by atoms with Crippen LogP contribution in [-0.2, 0) is 11.2 Å². The summed E-state index contributed by atoms with van der Waals surface area (Å²) in [5, 5.41) is 6.17. The van der Waals surface area contributed by atoms with Crippen molar-refractivity contribution in [1.82, 2.24) is 5.32 Å². The lowest BCUT2D eigenvalue weighted by Crippen LogP contribution is -2.23. The van der Waals surface area contributed by atoms with E-state index in [2.05, 4.69) is 32.6 Å². The third kappa shape index (κ3) is 6.04. The minimum atomic E-state index is 0.00731. The first-order valence-corrected chi connectivity index (χ1v) is 8.36. The summed E-state index contributed by atoms with van der Waals surface area (Å²) in [7, 11) is 1.68. The van der Waals surface area contributed by atoms with Crippen LogP contribution in [0.2, 0.25) is 0 Å². The van der Waals surface area contributed by atoms with Gasteiger partial charge in [0.25, 0.3) is 0 Å². The van der Waals surface area contributed by atoms with Crippen molar-refractivity contribution in [1.29, 1.82) is 0 Å². The standard InChI is InChI=1S/C18H21BrN2O2/c1-23-17-8-3-2-5-14(17)9-11-20-12-10-18(22)21-16-7-4-6-15(19)13-16/h2-8,13,20H,9-12H2,1H3,(H,21,22). The smallest absolute Gasteiger partial charge is 0.225 e. The van der Waals surface area contributed by atoms with Gasteiger partial charge in [0.05, 0.1) is 7.11 Å². The van der Waals surface area contributed by atoms with Gasteiger partial charge in [-0.2, -0.15) is 0 Å². The third-order valence-electron chi connectivity index (χ3n) is 3.40. The SMILES string of the molecule is COc1ccccc1CCNCCC(=O)Nc1cccc(Br)c1. The number of methoxy groups -OCH3 is 1. The second kappa shape index (κ2) is 9.33. The molecule has 122 valence electrons. The number of ether oxygens (including phenoxy) is 1. The van der Waals surface area contributed by atoms with E-state index in [4.69, 9.17) is 4.74 Å². The Morgan fingerprint density at radius 3 is 2.74 bits per heavy atom. The average Bonchev–Trinajstić information content (AvgIpc) is 2.55. The summed E-state index contributed by atoms with van der Waals surface area (Å²) in [6, 6.07) is 15.6. The molecule has 0 aliphatic carbocycles. The molecule has 0 aliphatic rings. The summed E-state index contributed by atoms with van der Waals surface area (Å²) in [4.78, 5) is 11.9. The van der Waals surface area contributed by atoms with Gasteiger partial charge in [0.15, 0.2) is 0 Å². The molecule has 0 aromatic heterocycles. The molecule has 2 N–H and O–H groups in total. The van der Waals surface area contributed by atoms with Crippen molar-refractivity contribution >= 4 is 27.5 Å². The molecule has 1 amide bonds. The minimum Gasteiger partial charge on any atom is -0.496 e. The second-order valence-electron chi connectivity index (χ2n) is 5.12. The number of hydrogen-bond donors (Lipinski definition) is 2. The number of carbonyl (C=O) groups is 1. The van der Waals surface area contributed by atoms with E-state index in [9.17, 15) is 4.79 Å². The van der Waals surface area contributed by atoms with E-state index in [1.165, 1.54) is 5.56 Å². The van der Waals surface area contributed by atoms with Gasteiger partial charge in [0, 0.05) is 23.1 Å². The highest BCUT2D eigenvalue weighted by Gasteiger charge is 2.04. The Kier molecular flexibility index (Phi) is 7.10. The fourth-order valence-corrected chi connectivity index (χ4v) is 2.65. The molecule has 0 unspecified atom stereocenters. The number of benzene rings is 2. The minimum absolute atomic E-state index is 0.00731. The molecule has 23 heavy (non-hydrogen) atoms. The zero-order chi connectivity index (χ0) is 16.5. The van der Waals surface area contributed by atoms with Gasteiger partial charge in [-0.25, -0.2) is 0 Å². The number of nitrogens with one attached hydrogen (secondary N) is 2.